The van der Waals surface area contributed by atoms with Crippen molar-refractivity contribution in [2.45, 2.75) is 25.4 Å². The summed E-state index contributed by atoms with van der Waals surface area (Å²) in [5.41, 5.74) is -2.74. The van der Waals surface area contributed by atoms with Gasteiger partial charge in [-0.25, -0.2) is 4.79 Å². The van der Waals surface area contributed by atoms with Crippen LogP contribution in [0.1, 0.15) is 21.2 Å². The molecule has 0 spiro atoms. The third-order valence-electron chi connectivity index (χ3n) is 1.29. The molecule has 0 fully saturated rings. The zero-order chi connectivity index (χ0) is 13.4. The molecule has 5 N–H and O–H groups in total. The fourth-order valence-electron chi connectivity index (χ4n) is 0.714. The molecule has 96 valence electrons. The molecule has 0 aliphatic rings. The van der Waals surface area contributed by atoms with Crippen molar-refractivity contribution < 1.29 is 92.7 Å². The molecule has 8 nitrogen and oxygen atoms in total. The van der Waals surface area contributed by atoms with Gasteiger partial charge >= 0.3 is 69.3 Å². The summed E-state index contributed by atoms with van der Waals surface area (Å²) >= 11 is 0. The van der Waals surface area contributed by atoms with Gasteiger partial charge in [-0.1, -0.05) is 0 Å². The molecule has 9 heteroatoms. The summed E-state index contributed by atoms with van der Waals surface area (Å²) in [6.07, 6.45) is -2.29. The van der Waals surface area contributed by atoms with Crippen molar-refractivity contribution in [3.63, 3.8) is 0 Å². The van der Waals surface area contributed by atoms with Crippen LogP contribution in [0.4, 0.5) is 0 Å². The van der Waals surface area contributed by atoms with Gasteiger partial charge in [0.25, 0.3) is 0 Å². The molecule has 0 amide bonds. The molecule has 0 radical (unpaired) electrons. The van der Waals surface area contributed by atoms with Crippen LogP contribution in [0.3, 0.4) is 0 Å². The zero-order valence-electron chi connectivity index (χ0n) is 10.6. The van der Waals surface area contributed by atoms with Crippen LogP contribution in [0.5, 0.6) is 0 Å². The Balaban J connectivity index is -0.000000177. The van der Waals surface area contributed by atoms with E-state index in [2.05, 4.69) is 0 Å². The van der Waals surface area contributed by atoms with Crippen LogP contribution in [0.2, 0.25) is 0 Å². The minimum absolute atomic E-state index is 0. The minimum Gasteiger partial charge on any atom is -1.00 e. The Kier molecular flexibility index (Phi) is 14.5. The van der Waals surface area contributed by atoms with E-state index in [0.717, 1.165) is 0 Å². The van der Waals surface area contributed by atoms with Gasteiger partial charge in [-0.05, 0) is 6.92 Å². The molecule has 0 saturated heterocycles. The summed E-state index contributed by atoms with van der Waals surface area (Å²) < 4.78 is 0. The van der Waals surface area contributed by atoms with Crippen molar-refractivity contribution in [2.75, 3.05) is 6.61 Å². The van der Waals surface area contributed by atoms with Crippen LogP contribution in [0.15, 0.2) is 0 Å². The molecule has 17 heavy (non-hydrogen) atoms. The molecular weight excluding hydrogens is 263 g/mol. The molecule has 0 saturated carbocycles. The Hall–Kier alpha value is -0.0336. The second-order valence-electron chi connectivity index (χ2n) is 2.79. The molecule has 0 bridgehead atoms. The van der Waals surface area contributed by atoms with E-state index in [1.54, 1.807) is 6.92 Å². The van der Waals surface area contributed by atoms with E-state index in [0.29, 0.717) is 0 Å². The first-order valence-electron chi connectivity index (χ1n) is 4.19. The third kappa shape index (κ3) is 12.2. The Morgan fingerprint density at radius 3 is 1.41 bits per heavy atom. The maximum absolute atomic E-state index is 10.3. The van der Waals surface area contributed by atoms with Gasteiger partial charge in [-0.2, -0.15) is 0 Å². The zero-order valence-corrected chi connectivity index (χ0v) is 12.7. The number of carbonyl (C=O) groups is 3. The molecule has 0 aliphatic heterocycles. The predicted octanol–water partition coefficient (Wildman–Crippen LogP) is -4.13. The summed E-state index contributed by atoms with van der Waals surface area (Å²) in [7, 11) is 0. The minimum atomic E-state index is -2.74. The van der Waals surface area contributed by atoms with E-state index in [4.69, 9.17) is 25.5 Å². The maximum Gasteiger partial charge on any atom is 1.00 e. The largest absolute Gasteiger partial charge is 1.00 e. The van der Waals surface area contributed by atoms with Gasteiger partial charge in [0.1, 0.15) is 0 Å². The summed E-state index contributed by atoms with van der Waals surface area (Å²) in [6, 6.07) is 0. The van der Waals surface area contributed by atoms with Crippen LogP contribution < -0.4 is 51.4 Å². The first-order chi connectivity index (χ1) is 7.19. The first-order valence-corrected chi connectivity index (χ1v) is 4.19. The molecule has 0 atom stereocenters. The van der Waals surface area contributed by atoms with Crippen LogP contribution >= 0.6 is 0 Å². The van der Waals surface area contributed by atoms with Gasteiger partial charge in [0, 0.05) is 6.61 Å². The molecule has 0 rings (SSSR count). The number of rotatable bonds is 5. The fraction of sp³-hybridized carbons (Fsp3) is 0.625. The quantitative estimate of drug-likeness (QED) is 0.318. The number of hydrogen-bond acceptors (Lipinski definition) is 5. The van der Waals surface area contributed by atoms with E-state index in [-0.39, 0.29) is 59.4 Å². The van der Waals surface area contributed by atoms with Crippen LogP contribution in [0.25, 0.3) is 0 Å². The summed E-state index contributed by atoms with van der Waals surface area (Å²) in [4.78, 5) is 30.5. The van der Waals surface area contributed by atoms with Crippen LogP contribution in [-0.4, -0.2) is 55.6 Å². The standard InChI is InChI=1S/C6H8O7.C2H6O.K.H/c7-3(8)1-6(13,5(11)12)2-4(9)10;1-2-3;;/h13H,1-2H2,(H,7,8)(H,9,10)(H,11,12);3H,2H2,1H3;;/q;;+1;-1. The Bertz CT molecular complexity index is 254. The second kappa shape index (κ2) is 11.1. The van der Waals surface area contributed by atoms with Gasteiger partial charge in [0.05, 0.1) is 12.8 Å². The first kappa shape index (κ1) is 22.2. The summed E-state index contributed by atoms with van der Waals surface area (Å²) in [5, 5.41) is 41.4. The van der Waals surface area contributed by atoms with Crippen molar-refractivity contribution >= 4 is 17.9 Å². The van der Waals surface area contributed by atoms with E-state index in [1.165, 1.54) is 0 Å². The smallest absolute Gasteiger partial charge is 1.00 e. The Morgan fingerprint density at radius 1 is 1.06 bits per heavy atom. The average Bonchev–Trinajstić information content (AvgIpc) is 2.01. The van der Waals surface area contributed by atoms with Crippen LogP contribution in [-0.2, 0) is 14.4 Å². The van der Waals surface area contributed by atoms with Crippen molar-refractivity contribution in [1.82, 2.24) is 0 Å². The Labute approximate surface area is 141 Å². The molecule has 0 aromatic carbocycles. The second-order valence-corrected chi connectivity index (χ2v) is 2.79. The number of aliphatic hydroxyl groups is 2. The van der Waals surface area contributed by atoms with Crippen molar-refractivity contribution in [3.8, 4) is 0 Å². The summed E-state index contributed by atoms with van der Waals surface area (Å²) in [5.74, 6) is -5.02. The normalized spacial score (nSPS) is 9.35. The maximum atomic E-state index is 10.3. The number of aliphatic carboxylic acids is 3. The molecule has 0 aliphatic carbocycles. The van der Waals surface area contributed by atoms with Gasteiger partial charge in [-0.3, -0.25) is 9.59 Å². The number of carboxylic acid groups (broad SMARTS) is 3. The molecular formula is C8H15KO8. The van der Waals surface area contributed by atoms with Gasteiger partial charge in [0.15, 0.2) is 5.60 Å². The SMILES string of the molecule is CCO.O=C(O)CC(O)(CC(=O)O)C(=O)O.[H-].[K+]. The average molecular weight is 278 g/mol. The van der Waals surface area contributed by atoms with Crippen molar-refractivity contribution in [2.24, 2.45) is 0 Å². The number of hydrogen-bond donors (Lipinski definition) is 5. The van der Waals surface area contributed by atoms with Crippen molar-refractivity contribution in [3.05, 3.63) is 0 Å². The van der Waals surface area contributed by atoms with Gasteiger partial charge in [0.2, 0.25) is 0 Å². The topological polar surface area (TPSA) is 152 Å². The predicted molar refractivity (Wildman–Crippen MR) is 51.0 cm³/mol. The van der Waals surface area contributed by atoms with E-state index < -0.39 is 36.4 Å². The number of aliphatic hydroxyl groups excluding tert-OH is 1. The van der Waals surface area contributed by atoms with Crippen molar-refractivity contribution in [1.29, 1.82) is 0 Å². The monoisotopic (exact) mass is 278 g/mol. The van der Waals surface area contributed by atoms with Gasteiger partial charge in [-0.15, -0.1) is 0 Å². The molecule has 0 heterocycles. The fourth-order valence-corrected chi connectivity index (χ4v) is 0.714. The van der Waals surface area contributed by atoms with Gasteiger partial charge < -0.3 is 27.0 Å². The van der Waals surface area contributed by atoms with E-state index >= 15 is 0 Å². The third-order valence-corrected chi connectivity index (χ3v) is 1.29. The van der Waals surface area contributed by atoms with E-state index in [9.17, 15) is 14.4 Å². The van der Waals surface area contributed by atoms with E-state index in [1.807, 2.05) is 0 Å². The molecule has 0 unspecified atom stereocenters. The Morgan fingerprint density at radius 2 is 1.29 bits per heavy atom. The molecule has 0 aromatic rings. The van der Waals surface area contributed by atoms with Crippen LogP contribution in [0, 0.1) is 0 Å². The molecule has 0 aromatic heterocycles. The number of carboxylic acids is 3. The summed E-state index contributed by atoms with van der Waals surface area (Å²) in [6.45, 7) is 1.93.